The van der Waals surface area contributed by atoms with Crippen LogP contribution in [-0.2, 0) is 16.2 Å². The van der Waals surface area contributed by atoms with E-state index in [1.807, 2.05) is 23.1 Å². The second-order valence-corrected chi connectivity index (χ2v) is 10.3. The summed E-state index contributed by atoms with van der Waals surface area (Å²) in [5.74, 6) is -2.40. The maximum atomic E-state index is 12.7. The predicted octanol–water partition coefficient (Wildman–Crippen LogP) is 5.40. The molecule has 0 N–H and O–H groups in total. The van der Waals surface area contributed by atoms with Gasteiger partial charge in [-0.3, -0.25) is 9.63 Å². The number of piperazine rings is 1. The van der Waals surface area contributed by atoms with E-state index in [0.29, 0.717) is 29.9 Å². The summed E-state index contributed by atoms with van der Waals surface area (Å²) in [4.78, 5) is 35.0. The topological polar surface area (TPSA) is 86.8 Å². The van der Waals surface area contributed by atoms with E-state index in [-0.39, 0.29) is 36.8 Å². The molecule has 0 saturated carbocycles. The molecule has 0 bridgehead atoms. The molecule has 3 heterocycles. The molecule has 1 fully saturated rings. The smallest absolute Gasteiger partial charge is 0.444 e. The van der Waals surface area contributed by atoms with Gasteiger partial charge in [-0.25, -0.2) is 9.78 Å². The van der Waals surface area contributed by atoms with Crippen LogP contribution in [0.5, 0.6) is 5.75 Å². The molecule has 9 nitrogen and oxygen atoms in total. The highest BCUT2D eigenvalue weighted by atomic mass is 19.4. The summed E-state index contributed by atoms with van der Waals surface area (Å²) in [5, 5.41) is 0. The van der Waals surface area contributed by atoms with Gasteiger partial charge in [-0.2, -0.15) is 13.2 Å². The van der Waals surface area contributed by atoms with Crippen LogP contribution in [0.25, 0.3) is 22.7 Å². The summed E-state index contributed by atoms with van der Waals surface area (Å²) in [6.45, 7) is 1.17. The number of hydroxylamine groups is 3. The second-order valence-electron chi connectivity index (χ2n) is 10.3. The molecule has 1 saturated heterocycles. The van der Waals surface area contributed by atoms with Gasteiger partial charge in [0.15, 0.2) is 0 Å². The van der Waals surface area contributed by atoms with E-state index < -0.39 is 23.2 Å². The summed E-state index contributed by atoms with van der Waals surface area (Å²) in [5.41, 5.74) is 2.64. The van der Waals surface area contributed by atoms with Crippen molar-refractivity contribution in [3.8, 4) is 28.5 Å². The Balaban J connectivity index is 1.26. The summed E-state index contributed by atoms with van der Waals surface area (Å²) in [7, 11) is 1.43. The van der Waals surface area contributed by atoms with Crippen molar-refractivity contribution in [3.63, 3.8) is 0 Å². The molecule has 0 spiro atoms. The molecule has 5 rings (SSSR count). The Labute approximate surface area is 246 Å². The lowest BCUT2D eigenvalue weighted by molar-refractivity contribution is -1.08. The molecular formula is C29H25F6N4O5+. The third-order valence-corrected chi connectivity index (χ3v) is 6.97. The van der Waals surface area contributed by atoms with E-state index >= 15 is 0 Å². The van der Waals surface area contributed by atoms with Crippen LogP contribution in [0, 0.1) is 0 Å². The number of carbonyl (C=O) groups is 1. The van der Waals surface area contributed by atoms with Gasteiger partial charge in [-0.1, -0.05) is 12.1 Å². The van der Waals surface area contributed by atoms with E-state index in [9.17, 15) is 35.9 Å². The summed E-state index contributed by atoms with van der Waals surface area (Å²) in [6.07, 6.45) is -6.95. The van der Waals surface area contributed by atoms with Crippen LogP contribution in [0.3, 0.4) is 0 Å². The number of hydrogen-bond acceptors (Lipinski definition) is 7. The fourth-order valence-electron chi connectivity index (χ4n) is 4.69. The van der Waals surface area contributed by atoms with Crippen molar-refractivity contribution >= 4 is 11.7 Å². The number of nitrogens with zero attached hydrogens (tertiary/aromatic N) is 4. The molecular weight excluding hydrogens is 598 g/mol. The third-order valence-electron chi connectivity index (χ3n) is 6.97. The van der Waals surface area contributed by atoms with Crippen LogP contribution in [0.2, 0.25) is 0 Å². The number of benzene rings is 2. The first-order chi connectivity index (χ1) is 20.7. The minimum Gasteiger partial charge on any atom is -0.444 e. The number of alkyl halides is 6. The summed E-state index contributed by atoms with van der Waals surface area (Å²) in [6, 6.07) is 15.4. The molecule has 2 aromatic carbocycles. The van der Waals surface area contributed by atoms with Crippen LogP contribution >= 0.6 is 0 Å². The number of hydrogen-bond donors (Lipinski definition) is 0. The molecule has 4 aromatic rings. The van der Waals surface area contributed by atoms with Crippen molar-refractivity contribution in [2.75, 3.05) is 38.1 Å². The number of oxazole rings is 1. The molecule has 232 valence electrons. The first-order valence-electron chi connectivity index (χ1n) is 13.2. The molecule has 0 amide bonds. The van der Waals surface area contributed by atoms with E-state index in [1.165, 1.54) is 36.1 Å². The van der Waals surface area contributed by atoms with Crippen LogP contribution in [-0.4, -0.2) is 65.9 Å². The van der Waals surface area contributed by atoms with Crippen molar-refractivity contribution < 1.29 is 49.8 Å². The normalized spacial score (nSPS) is 15.2. The number of carbonyl (C=O) groups excluding carboxylic acids is 1. The molecule has 0 atom stereocenters. The largest absolute Gasteiger partial charge is 0.573 e. The van der Waals surface area contributed by atoms with Crippen LogP contribution in [0.1, 0.15) is 5.56 Å². The lowest BCUT2D eigenvalue weighted by Crippen LogP contribution is -2.59. The highest BCUT2D eigenvalue weighted by Crippen LogP contribution is 2.29. The van der Waals surface area contributed by atoms with Crippen molar-refractivity contribution in [2.24, 2.45) is 0 Å². The number of quaternary nitrogens is 1. The summed E-state index contributed by atoms with van der Waals surface area (Å²) >= 11 is 0. The quantitative estimate of drug-likeness (QED) is 0.201. The first-order valence-corrected chi connectivity index (χ1v) is 13.2. The zero-order valence-corrected chi connectivity index (χ0v) is 23.1. The van der Waals surface area contributed by atoms with Gasteiger partial charge in [0.05, 0.1) is 25.2 Å². The standard InChI is InChI=1S/C29H25F6N4O5/c1-39(44-27(41)28(30,31)32)13-11-37(12-14-39)22-4-2-3-19(15-22)16-38-17-21(7-10-25(38)40)26-36-24(18-42-26)20-5-8-23(9-6-20)43-29(33,34)35/h2-10,15,17-18H,11-14,16H2,1H3/q+1. The maximum Gasteiger partial charge on any atom is 0.573 e. The maximum absolute atomic E-state index is 12.7. The second kappa shape index (κ2) is 11.7. The Kier molecular flexibility index (Phi) is 8.16. The first kappa shape index (κ1) is 30.7. The van der Waals surface area contributed by atoms with E-state index in [0.717, 1.165) is 23.4 Å². The molecule has 0 unspecified atom stereocenters. The molecule has 0 radical (unpaired) electrons. The lowest BCUT2D eigenvalue weighted by Gasteiger charge is -2.39. The highest BCUT2D eigenvalue weighted by molar-refractivity contribution is 5.74. The fraction of sp³-hybridized carbons (Fsp3) is 0.276. The zero-order valence-electron chi connectivity index (χ0n) is 23.1. The van der Waals surface area contributed by atoms with Crippen molar-refractivity contribution in [2.45, 2.75) is 19.1 Å². The third kappa shape index (κ3) is 7.40. The van der Waals surface area contributed by atoms with Crippen LogP contribution < -0.4 is 15.2 Å². The molecule has 44 heavy (non-hydrogen) atoms. The summed E-state index contributed by atoms with van der Waals surface area (Å²) < 4.78 is 85.7. The lowest BCUT2D eigenvalue weighted by atomic mass is 10.1. The van der Waals surface area contributed by atoms with Gasteiger partial charge >= 0.3 is 18.5 Å². The van der Waals surface area contributed by atoms with E-state index in [2.05, 4.69) is 9.72 Å². The predicted molar refractivity (Wildman–Crippen MR) is 144 cm³/mol. The van der Waals surface area contributed by atoms with Gasteiger partial charge in [-0.15, -0.1) is 17.8 Å². The van der Waals surface area contributed by atoms with E-state index in [4.69, 9.17) is 9.25 Å². The highest BCUT2D eigenvalue weighted by Gasteiger charge is 2.47. The van der Waals surface area contributed by atoms with Gasteiger partial charge in [-0.05, 0) is 48.0 Å². The van der Waals surface area contributed by atoms with E-state index in [1.54, 1.807) is 18.3 Å². The number of pyridine rings is 1. The average Bonchev–Trinajstić information content (AvgIpc) is 3.44. The van der Waals surface area contributed by atoms with Crippen LogP contribution in [0.15, 0.2) is 82.3 Å². The SMILES string of the molecule is C[N+]1(OC(=O)C(F)(F)F)CCN(c2cccc(Cn3cc(-c4nc(-c5ccc(OC(F)(F)F)cc5)co4)ccc3=O)c2)CC1. The van der Waals surface area contributed by atoms with Gasteiger partial charge in [0, 0.05) is 23.5 Å². The number of anilines is 1. The van der Waals surface area contributed by atoms with Crippen LogP contribution in [0.4, 0.5) is 32.0 Å². The van der Waals surface area contributed by atoms with Gasteiger partial charge in [0.25, 0.3) is 5.56 Å². The average molecular weight is 624 g/mol. The molecule has 2 aromatic heterocycles. The number of rotatable bonds is 7. The Morgan fingerprint density at radius 2 is 1.66 bits per heavy atom. The molecule has 15 heteroatoms. The Morgan fingerprint density at radius 3 is 2.32 bits per heavy atom. The number of likely N-dealkylation sites (N-methyl/N-ethyl adjacent to an activating group) is 1. The Bertz CT molecular complexity index is 1690. The Hall–Kier alpha value is -4.79. The number of halogens is 6. The Morgan fingerprint density at radius 1 is 0.977 bits per heavy atom. The minimum absolute atomic E-state index is 0.150. The van der Waals surface area contributed by atoms with Gasteiger partial charge in [0.1, 0.15) is 37.8 Å². The number of aromatic nitrogens is 2. The molecule has 1 aliphatic heterocycles. The molecule has 0 aliphatic carbocycles. The van der Waals surface area contributed by atoms with Crippen molar-refractivity contribution in [1.82, 2.24) is 9.55 Å². The van der Waals surface area contributed by atoms with Gasteiger partial charge in [0.2, 0.25) is 5.89 Å². The fourth-order valence-corrected chi connectivity index (χ4v) is 4.69. The zero-order chi connectivity index (χ0) is 31.7. The minimum atomic E-state index is -5.07. The number of ether oxygens (including phenoxy) is 1. The van der Waals surface area contributed by atoms with Crippen molar-refractivity contribution in [3.05, 3.63) is 89.0 Å². The van der Waals surface area contributed by atoms with Gasteiger partial charge < -0.3 is 18.6 Å². The van der Waals surface area contributed by atoms with Crippen molar-refractivity contribution in [1.29, 1.82) is 0 Å². The molecule has 1 aliphatic rings. The monoisotopic (exact) mass is 623 g/mol.